The summed E-state index contributed by atoms with van der Waals surface area (Å²) in [5, 5.41) is 3.59. The molecule has 1 unspecified atom stereocenters. The molecule has 1 saturated heterocycles. The van der Waals surface area contributed by atoms with E-state index >= 15 is 0 Å². The summed E-state index contributed by atoms with van der Waals surface area (Å²) in [6, 6.07) is 11.1. The van der Waals surface area contributed by atoms with Crippen LogP contribution in [0.3, 0.4) is 0 Å². The molecule has 0 spiro atoms. The first kappa shape index (κ1) is 13.3. The average Bonchev–Trinajstić information content (AvgIpc) is 2.40. The quantitative estimate of drug-likeness (QED) is 0.857. The van der Waals surface area contributed by atoms with E-state index < -0.39 is 0 Å². The Balaban J connectivity index is 1.80. The normalized spacial score (nSPS) is 20.0. The Morgan fingerprint density at radius 2 is 2.11 bits per heavy atom. The molecule has 2 rings (SSSR count). The van der Waals surface area contributed by atoms with Gasteiger partial charge in [0.25, 0.3) is 0 Å². The van der Waals surface area contributed by atoms with Gasteiger partial charge in [-0.05, 0) is 37.6 Å². The Labute approximate surface area is 111 Å². The summed E-state index contributed by atoms with van der Waals surface area (Å²) in [6.45, 7) is 7.44. The van der Waals surface area contributed by atoms with Crippen LogP contribution in [-0.2, 0) is 0 Å². The molecule has 1 aliphatic rings. The lowest BCUT2D eigenvalue weighted by Crippen LogP contribution is -2.42. The minimum atomic E-state index is 0.660. The highest BCUT2D eigenvalue weighted by molar-refractivity contribution is 5.64. The van der Waals surface area contributed by atoms with E-state index in [0.29, 0.717) is 6.04 Å². The number of hydrogen-bond donors (Lipinski definition) is 1. The highest BCUT2D eigenvalue weighted by Crippen LogP contribution is 2.14. The third-order valence-electron chi connectivity index (χ3n) is 3.59. The maximum absolute atomic E-state index is 4.20. The maximum Gasteiger partial charge on any atom is 0.0231 e. The van der Waals surface area contributed by atoms with Crippen molar-refractivity contribution in [2.45, 2.75) is 25.3 Å². The van der Waals surface area contributed by atoms with Gasteiger partial charge in [-0.3, -0.25) is 0 Å². The van der Waals surface area contributed by atoms with Gasteiger partial charge in [0.1, 0.15) is 0 Å². The Morgan fingerprint density at radius 1 is 1.33 bits per heavy atom. The first-order valence-corrected chi connectivity index (χ1v) is 6.91. The molecule has 1 atom stereocenters. The molecule has 0 aliphatic carbocycles. The zero-order chi connectivity index (χ0) is 12.8. The summed E-state index contributed by atoms with van der Waals surface area (Å²) in [6.07, 6.45) is 4.00. The molecule has 0 radical (unpaired) electrons. The van der Waals surface area contributed by atoms with Crippen LogP contribution in [0.4, 0.5) is 0 Å². The van der Waals surface area contributed by atoms with Gasteiger partial charge >= 0.3 is 0 Å². The standard InChI is InChI=1S/C16H24N2/c1-14(15-8-4-3-5-9-15)12-18(2)13-16-10-6-7-11-17-16/h3-5,8-9,16-17H,1,6-7,10-13H2,2H3. The molecule has 1 N–H and O–H groups in total. The molecule has 18 heavy (non-hydrogen) atoms. The fourth-order valence-corrected chi connectivity index (χ4v) is 2.61. The smallest absolute Gasteiger partial charge is 0.0231 e. The van der Waals surface area contributed by atoms with Crippen molar-refractivity contribution in [1.82, 2.24) is 10.2 Å². The van der Waals surface area contributed by atoms with Crippen molar-refractivity contribution in [2.24, 2.45) is 0 Å². The van der Waals surface area contributed by atoms with Crippen LogP contribution < -0.4 is 5.32 Å². The second-order valence-electron chi connectivity index (χ2n) is 5.31. The van der Waals surface area contributed by atoms with E-state index in [1.165, 1.54) is 36.9 Å². The molecule has 2 heteroatoms. The number of piperidine rings is 1. The zero-order valence-electron chi connectivity index (χ0n) is 11.4. The van der Waals surface area contributed by atoms with Gasteiger partial charge in [-0.1, -0.05) is 43.3 Å². The van der Waals surface area contributed by atoms with Crippen molar-refractivity contribution in [1.29, 1.82) is 0 Å². The van der Waals surface area contributed by atoms with Gasteiger partial charge in [0.2, 0.25) is 0 Å². The molecule has 0 aromatic heterocycles. The van der Waals surface area contributed by atoms with Crippen molar-refractivity contribution in [2.75, 3.05) is 26.7 Å². The van der Waals surface area contributed by atoms with Crippen molar-refractivity contribution in [3.8, 4) is 0 Å². The minimum Gasteiger partial charge on any atom is -0.313 e. The van der Waals surface area contributed by atoms with Gasteiger partial charge in [-0.25, -0.2) is 0 Å². The van der Waals surface area contributed by atoms with E-state index in [2.05, 4.69) is 48.1 Å². The molecular weight excluding hydrogens is 220 g/mol. The van der Waals surface area contributed by atoms with Gasteiger partial charge in [0, 0.05) is 19.1 Å². The number of likely N-dealkylation sites (N-methyl/N-ethyl adjacent to an activating group) is 1. The van der Waals surface area contributed by atoms with E-state index in [1.54, 1.807) is 0 Å². The van der Waals surface area contributed by atoms with Crippen molar-refractivity contribution in [3.63, 3.8) is 0 Å². The first-order chi connectivity index (χ1) is 8.75. The van der Waals surface area contributed by atoms with Gasteiger partial charge in [0.15, 0.2) is 0 Å². The second kappa shape index (κ2) is 6.72. The van der Waals surface area contributed by atoms with Crippen LogP contribution in [0, 0.1) is 0 Å². The number of benzene rings is 1. The van der Waals surface area contributed by atoms with Gasteiger partial charge in [-0.2, -0.15) is 0 Å². The summed E-state index contributed by atoms with van der Waals surface area (Å²) in [5.74, 6) is 0. The van der Waals surface area contributed by atoms with Crippen LogP contribution in [0.5, 0.6) is 0 Å². The van der Waals surface area contributed by atoms with Crippen LogP contribution >= 0.6 is 0 Å². The SMILES string of the molecule is C=C(CN(C)CC1CCCCN1)c1ccccc1. The summed E-state index contributed by atoms with van der Waals surface area (Å²) < 4.78 is 0. The molecule has 1 aromatic carbocycles. The number of rotatable bonds is 5. The minimum absolute atomic E-state index is 0.660. The lowest BCUT2D eigenvalue weighted by Gasteiger charge is -2.28. The van der Waals surface area contributed by atoms with E-state index in [1.807, 2.05) is 6.07 Å². The molecular formula is C16H24N2. The molecule has 0 bridgehead atoms. The highest BCUT2D eigenvalue weighted by atomic mass is 15.1. The topological polar surface area (TPSA) is 15.3 Å². The Kier molecular flexibility index (Phi) is 4.97. The maximum atomic E-state index is 4.20. The number of nitrogens with zero attached hydrogens (tertiary/aromatic N) is 1. The molecule has 98 valence electrons. The average molecular weight is 244 g/mol. The fraction of sp³-hybridized carbons (Fsp3) is 0.500. The first-order valence-electron chi connectivity index (χ1n) is 6.91. The molecule has 0 saturated carbocycles. The Morgan fingerprint density at radius 3 is 2.78 bits per heavy atom. The van der Waals surface area contributed by atoms with Crippen molar-refractivity contribution in [3.05, 3.63) is 42.5 Å². The van der Waals surface area contributed by atoms with E-state index in [9.17, 15) is 0 Å². The summed E-state index contributed by atoms with van der Waals surface area (Å²) in [5.41, 5.74) is 2.45. The lowest BCUT2D eigenvalue weighted by atomic mass is 10.0. The van der Waals surface area contributed by atoms with E-state index in [0.717, 1.165) is 13.1 Å². The van der Waals surface area contributed by atoms with E-state index in [4.69, 9.17) is 0 Å². The molecule has 0 amide bonds. The summed E-state index contributed by atoms with van der Waals surface area (Å²) in [7, 11) is 2.18. The molecule has 1 fully saturated rings. The summed E-state index contributed by atoms with van der Waals surface area (Å²) >= 11 is 0. The molecule has 1 heterocycles. The predicted molar refractivity (Wildman–Crippen MR) is 78.6 cm³/mol. The largest absolute Gasteiger partial charge is 0.313 e. The Hall–Kier alpha value is -1.12. The lowest BCUT2D eigenvalue weighted by molar-refractivity contribution is 0.283. The van der Waals surface area contributed by atoms with Gasteiger partial charge < -0.3 is 10.2 Å². The van der Waals surface area contributed by atoms with Gasteiger partial charge in [-0.15, -0.1) is 0 Å². The summed E-state index contributed by atoms with van der Waals surface area (Å²) in [4.78, 5) is 2.37. The van der Waals surface area contributed by atoms with Crippen LogP contribution in [0.15, 0.2) is 36.9 Å². The molecule has 1 aromatic rings. The molecule has 1 aliphatic heterocycles. The monoisotopic (exact) mass is 244 g/mol. The molecule has 2 nitrogen and oxygen atoms in total. The fourth-order valence-electron chi connectivity index (χ4n) is 2.61. The van der Waals surface area contributed by atoms with Crippen LogP contribution in [-0.4, -0.2) is 37.6 Å². The second-order valence-corrected chi connectivity index (χ2v) is 5.31. The van der Waals surface area contributed by atoms with E-state index in [-0.39, 0.29) is 0 Å². The Bertz CT molecular complexity index is 366. The van der Waals surface area contributed by atoms with Crippen LogP contribution in [0.1, 0.15) is 24.8 Å². The van der Waals surface area contributed by atoms with Gasteiger partial charge in [0.05, 0.1) is 0 Å². The number of hydrogen-bond acceptors (Lipinski definition) is 2. The highest BCUT2D eigenvalue weighted by Gasteiger charge is 2.14. The van der Waals surface area contributed by atoms with Crippen molar-refractivity contribution >= 4 is 5.57 Å². The predicted octanol–water partition coefficient (Wildman–Crippen LogP) is 2.77. The van der Waals surface area contributed by atoms with Crippen LogP contribution in [0.25, 0.3) is 5.57 Å². The zero-order valence-corrected chi connectivity index (χ0v) is 11.4. The third kappa shape index (κ3) is 3.97. The van der Waals surface area contributed by atoms with Crippen LogP contribution in [0.2, 0.25) is 0 Å². The number of nitrogens with one attached hydrogen (secondary N) is 1. The third-order valence-corrected chi connectivity index (χ3v) is 3.59. The van der Waals surface area contributed by atoms with Crippen molar-refractivity contribution < 1.29 is 0 Å².